The van der Waals surface area contributed by atoms with Crippen LogP contribution in [0.3, 0.4) is 0 Å². The quantitative estimate of drug-likeness (QED) is 0.114. The molecule has 6 bridgehead atoms. The van der Waals surface area contributed by atoms with E-state index >= 15 is 0 Å². The Hall–Kier alpha value is -5.24. The SMILES string of the molecule is CO[C@@H](C)c1ncccc1-c1c2c3cc(ccc3n1CCOC1CCOCC1)-c1csc(n1)[C@@H](OC[C@H](C)F)[C@H](NC(=O)[C@@H]1[C@@H](C)[C@H]1c1ccncn1)C(=O)N1CCC[C@H](N1)C(=O)OCC(C)(C)C2. The number of benzene rings is 1. The summed E-state index contributed by atoms with van der Waals surface area (Å²) in [7, 11) is 1.68. The first kappa shape index (κ1) is 48.8. The molecule has 1 saturated carbocycles. The van der Waals surface area contributed by atoms with E-state index in [0.717, 1.165) is 57.5 Å². The van der Waals surface area contributed by atoms with Gasteiger partial charge in [0.25, 0.3) is 5.91 Å². The molecule has 7 heterocycles. The summed E-state index contributed by atoms with van der Waals surface area (Å²) in [6.45, 7) is 11.8. The second-order valence-electron chi connectivity index (χ2n) is 19.6. The molecule has 4 aliphatic rings. The summed E-state index contributed by atoms with van der Waals surface area (Å²) in [6, 6.07) is 9.89. The number of ether oxygens (including phenoxy) is 5. The normalized spacial score (nSPS) is 25.2. The van der Waals surface area contributed by atoms with E-state index in [0.29, 0.717) is 56.3 Å². The van der Waals surface area contributed by atoms with Crippen molar-refractivity contribution in [1.29, 1.82) is 0 Å². The number of fused-ring (bicyclic) bond motifs is 6. The van der Waals surface area contributed by atoms with E-state index in [1.165, 1.54) is 29.6 Å². The molecule has 3 fully saturated rings. The van der Waals surface area contributed by atoms with E-state index in [1.54, 1.807) is 25.6 Å². The van der Waals surface area contributed by atoms with Crippen molar-refractivity contribution in [3.63, 3.8) is 0 Å². The summed E-state index contributed by atoms with van der Waals surface area (Å²) in [4.78, 5) is 61.8. The van der Waals surface area contributed by atoms with Crippen LogP contribution in [0.15, 0.2) is 60.5 Å². The molecule has 16 nitrogen and oxygen atoms in total. The van der Waals surface area contributed by atoms with Crippen LogP contribution in [0.25, 0.3) is 33.4 Å². The van der Waals surface area contributed by atoms with E-state index in [4.69, 9.17) is 33.7 Å². The number of thiazole rings is 1. The fourth-order valence-electron chi connectivity index (χ4n) is 10.1. The average Bonchev–Trinajstić information content (AvgIpc) is 3.64. The zero-order chi connectivity index (χ0) is 48.4. The van der Waals surface area contributed by atoms with Gasteiger partial charge in [0.1, 0.15) is 35.7 Å². The standard InChI is InChI=1S/C51H63FN8O8S/c1-29(52)25-67-46-44(57-47(61)42-30(2)41(42)37-13-17-53-28-55-37)49(62)60-18-8-10-38(58-60)50(63)68-27-51(4,5)24-36-35-23-32(39-26-69-48(46)56-39)11-12-40(35)59(19-22-66-33-14-20-65-21-15-33)45(36)34-9-7-16-54-43(34)31(3)64-6/h7,9,11-13,16-17,23,26,28-31,33,38,41-42,44,46,58H,8,10,14-15,18-22,24-25,27H2,1-6H3,(H,57,61)/t29-,30-,31-,38-,41-,42+,44-,46-/m0/s1. The number of pyridine rings is 1. The first-order chi connectivity index (χ1) is 33.3. The van der Waals surface area contributed by atoms with Gasteiger partial charge in [-0.2, -0.15) is 0 Å². The molecule has 1 aromatic carbocycles. The summed E-state index contributed by atoms with van der Waals surface area (Å²) < 4.78 is 47.6. The predicted molar refractivity (Wildman–Crippen MR) is 256 cm³/mol. The van der Waals surface area contributed by atoms with Gasteiger partial charge in [-0.05, 0) is 87.8 Å². The number of aromatic nitrogens is 5. The van der Waals surface area contributed by atoms with Crippen molar-refractivity contribution in [3.8, 4) is 22.5 Å². The van der Waals surface area contributed by atoms with Gasteiger partial charge in [0.05, 0.1) is 49.1 Å². The van der Waals surface area contributed by atoms with E-state index in [-0.39, 0.29) is 49.7 Å². The van der Waals surface area contributed by atoms with Crippen molar-refractivity contribution in [2.45, 2.75) is 116 Å². The zero-order valence-electron chi connectivity index (χ0n) is 40.2. The molecule has 5 aromatic rings. The lowest BCUT2D eigenvalue weighted by Crippen LogP contribution is -2.61. The first-order valence-corrected chi connectivity index (χ1v) is 25.0. The fraction of sp³-hybridized carbons (Fsp3) is 0.549. The van der Waals surface area contributed by atoms with Crippen LogP contribution in [0, 0.1) is 17.3 Å². The number of esters is 1. The van der Waals surface area contributed by atoms with Crippen molar-refractivity contribution < 1.29 is 42.5 Å². The predicted octanol–water partition coefficient (Wildman–Crippen LogP) is 7.09. The molecule has 2 saturated heterocycles. The molecule has 9 rings (SSSR count). The van der Waals surface area contributed by atoms with Gasteiger partial charge in [-0.3, -0.25) is 24.4 Å². The fourth-order valence-corrected chi connectivity index (χ4v) is 11.0. The molecule has 0 spiro atoms. The number of hydrogen-bond donors (Lipinski definition) is 2. The van der Waals surface area contributed by atoms with E-state index in [9.17, 15) is 18.8 Å². The molecule has 2 N–H and O–H groups in total. The highest BCUT2D eigenvalue weighted by Gasteiger charge is 2.54. The molecule has 0 unspecified atom stereocenters. The van der Waals surface area contributed by atoms with Crippen molar-refractivity contribution in [3.05, 3.63) is 82.5 Å². The monoisotopic (exact) mass is 966 g/mol. The van der Waals surface area contributed by atoms with Gasteiger partial charge in [-0.15, -0.1) is 11.3 Å². The summed E-state index contributed by atoms with van der Waals surface area (Å²) >= 11 is 1.27. The Balaban J connectivity index is 1.17. The second kappa shape index (κ2) is 21.0. The van der Waals surface area contributed by atoms with E-state index < -0.39 is 47.6 Å². The number of halogens is 1. The molecule has 3 aliphatic heterocycles. The van der Waals surface area contributed by atoms with Crippen LogP contribution in [0.5, 0.6) is 0 Å². The number of hydrazine groups is 1. The third kappa shape index (κ3) is 10.6. The van der Waals surface area contributed by atoms with Crippen LogP contribution >= 0.6 is 11.3 Å². The maximum absolute atomic E-state index is 14.9. The molecule has 2 amide bonds. The van der Waals surface area contributed by atoms with Gasteiger partial charge in [0, 0.05) is 96.2 Å². The number of hydrogen-bond acceptors (Lipinski definition) is 14. The molecular formula is C51H63FN8O8S. The van der Waals surface area contributed by atoms with Crippen LogP contribution in [0.1, 0.15) is 100 Å². The maximum atomic E-state index is 14.9. The third-order valence-corrected chi connectivity index (χ3v) is 14.8. The number of rotatable bonds is 13. The maximum Gasteiger partial charge on any atom is 0.324 e. The minimum absolute atomic E-state index is 0.0646. The summed E-state index contributed by atoms with van der Waals surface area (Å²) in [5.74, 6) is -2.14. The lowest BCUT2D eigenvalue weighted by atomic mass is 9.84. The minimum Gasteiger partial charge on any atom is -0.464 e. The van der Waals surface area contributed by atoms with Crippen LogP contribution < -0.4 is 10.7 Å². The summed E-state index contributed by atoms with van der Waals surface area (Å²) in [5.41, 5.74) is 9.42. The number of alkyl halides is 1. The number of nitrogens with one attached hydrogen (secondary N) is 2. The molecule has 0 radical (unpaired) electrons. The molecule has 1 aliphatic carbocycles. The Morgan fingerprint density at radius 1 is 1.09 bits per heavy atom. The van der Waals surface area contributed by atoms with Gasteiger partial charge in [0.15, 0.2) is 0 Å². The average molecular weight is 967 g/mol. The van der Waals surface area contributed by atoms with Crippen molar-refractivity contribution >= 4 is 40.0 Å². The van der Waals surface area contributed by atoms with Gasteiger partial charge < -0.3 is 33.6 Å². The Labute approximate surface area is 406 Å². The van der Waals surface area contributed by atoms with Gasteiger partial charge in [0.2, 0.25) is 5.91 Å². The third-order valence-electron chi connectivity index (χ3n) is 13.9. The number of cyclic esters (lactones) is 1. The Morgan fingerprint density at radius 2 is 1.91 bits per heavy atom. The second-order valence-corrected chi connectivity index (χ2v) is 20.5. The van der Waals surface area contributed by atoms with Gasteiger partial charge in [-0.25, -0.2) is 24.8 Å². The van der Waals surface area contributed by atoms with Crippen LogP contribution in [-0.4, -0.2) is 118 Å². The highest BCUT2D eigenvalue weighted by atomic mass is 32.1. The molecule has 368 valence electrons. The lowest BCUT2D eigenvalue weighted by Gasteiger charge is -2.37. The Bertz CT molecular complexity index is 2620. The van der Waals surface area contributed by atoms with Crippen LogP contribution in [0.4, 0.5) is 4.39 Å². The highest BCUT2D eigenvalue weighted by Crippen LogP contribution is 2.53. The first-order valence-electron chi connectivity index (χ1n) is 24.2. The summed E-state index contributed by atoms with van der Waals surface area (Å²) in [5, 5.41) is 7.66. The summed E-state index contributed by atoms with van der Waals surface area (Å²) in [6.07, 6.45) is 5.19. The minimum atomic E-state index is -1.39. The Morgan fingerprint density at radius 3 is 2.68 bits per heavy atom. The van der Waals surface area contributed by atoms with Crippen molar-refractivity contribution in [1.82, 2.24) is 40.3 Å². The molecule has 4 aromatic heterocycles. The van der Waals surface area contributed by atoms with E-state index in [1.807, 2.05) is 31.4 Å². The number of nitrogens with zero attached hydrogens (tertiary/aromatic N) is 6. The zero-order valence-corrected chi connectivity index (χ0v) is 41.0. The smallest absolute Gasteiger partial charge is 0.324 e. The number of carbonyl (C=O) groups excluding carboxylic acids is 3. The topological polar surface area (TPSA) is 181 Å². The highest BCUT2D eigenvalue weighted by molar-refractivity contribution is 7.10. The lowest BCUT2D eigenvalue weighted by molar-refractivity contribution is -0.157. The number of carbonyl (C=O) groups is 3. The number of amides is 2. The van der Waals surface area contributed by atoms with Crippen LogP contribution in [-0.2, 0) is 51.0 Å². The molecule has 18 heteroatoms. The molecule has 69 heavy (non-hydrogen) atoms. The molecule has 8 atom stereocenters. The number of methoxy groups -OCH3 is 1. The van der Waals surface area contributed by atoms with Gasteiger partial charge >= 0.3 is 5.97 Å². The largest absolute Gasteiger partial charge is 0.464 e. The molecular weight excluding hydrogens is 904 g/mol. The van der Waals surface area contributed by atoms with Crippen molar-refractivity contribution in [2.75, 3.05) is 46.7 Å². The van der Waals surface area contributed by atoms with E-state index in [2.05, 4.69) is 57.3 Å². The van der Waals surface area contributed by atoms with Crippen LogP contribution in [0.2, 0.25) is 0 Å². The van der Waals surface area contributed by atoms with Crippen molar-refractivity contribution in [2.24, 2.45) is 17.3 Å². The Kier molecular flexibility index (Phi) is 14.8. The van der Waals surface area contributed by atoms with Gasteiger partial charge in [-0.1, -0.05) is 26.8 Å².